The molecule has 3 nitrogen and oxygen atoms in total. The Labute approximate surface area is 133 Å². The first-order chi connectivity index (χ1) is 9.90. The maximum Gasteiger partial charge on any atom is 0.319 e. The van der Waals surface area contributed by atoms with Crippen LogP contribution in [0.2, 0.25) is 0 Å². The molecule has 0 fully saturated rings. The third-order valence-corrected chi connectivity index (χ3v) is 3.53. The smallest absolute Gasteiger partial charge is 0.319 e. The van der Waals surface area contributed by atoms with Crippen molar-refractivity contribution in [2.75, 3.05) is 11.9 Å². The molecule has 0 aliphatic rings. The fraction of sp³-hybridized carbons (Fsp3) is 0.611. The quantitative estimate of drug-likeness (QED) is 0.811. The zero-order valence-corrected chi connectivity index (χ0v) is 14.9. The van der Waals surface area contributed by atoms with E-state index in [0.717, 1.165) is 17.5 Å². The zero-order chi connectivity index (χ0) is 17.1. The Hall–Kier alpha value is -1.58. The molecule has 0 bridgehead atoms. The van der Waals surface area contributed by atoms with Crippen molar-refractivity contribution in [3.63, 3.8) is 0 Å². The van der Waals surface area contributed by atoms with E-state index in [1.165, 1.54) is 6.07 Å². The number of benzene rings is 1. The molecule has 0 saturated heterocycles. The Bertz CT molecular complexity index is 539. The van der Waals surface area contributed by atoms with Gasteiger partial charge in [-0.05, 0) is 47.4 Å². The Morgan fingerprint density at radius 2 is 1.73 bits per heavy atom. The predicted octanol–water partition coefficient (Wildman–Crippen LogP) is 4.99. The molecule has 4 heteroatoms. The van der Waals surface area contributed by atoms with Gasteiger partial charge in [-0.25, -0.2) is 9.18 Å². The Morgan fingerprint density at radius 3 is 2.23 bits per heavy atom. The third kappa shape index (κ3) is 5.66. The molecule has 0 heterocycles. The number of amides is 2. The highest BCUT2D eigenvalue weighted by Crippen LogP contribution is 2.30. The van der Waals surface area contributed by atoms with E-state index in [1.807, 2.05) is 6.92 Å². The normalized spacial score (nSPS) is 12.2. The summed E-state index contributed by atoms with van der Waals surface area (Å²) in [6, 6.07) is 2.84. The summed E-state index contributed by atoms with van der Waals surface area (Å²) < 4.78 is 14.0. The van der Waals surface area contributed by atoms with E-state index in [4.69, 9.17) is 0 Å². The Morgan fingerprint density at radius 1 is 1.14 bits per heavy atom. The van der Waals surface area contributed by atoms with Gasteiger partial charge in [0.2, 0.25) is 0 Å². The van der Waals surface area contributed by atoms with Crippen molar-refractivity contribution in [3.8, 4) is 0 Å². The van der Waals surface area contributed by atoms with E-state index in [9.17, 15) is 9.18 Å². The summed E-state index contributed by atoms with van der Waals surface area (Å²) in [6.45, 7) is 15.0. The third-order valence-electron chi connectivity index (χ3n) is 3.53. The van der Waals surface area contributed by atoms with Crippen molar-refractivity contribution in [2.24, 2.45) is 5.41 Å². The number of aryl methyl sites for hydroxylation is 1. The van der Waals surface area contributed by atoms with Gasteiger partial charge >= 0.3 is 6.03 Å². The van der Waals surface area contributed by atoms with Gasteiger partial charge in [0.1, 0.15) is 5.82 Å². The predicted molar refractivity (Wildman–Crippen MR) is 90.9 cm³/mol. The van der Waals surface area contributed by atoms with Crippen LogP contribution in [-0.4, -0.2) is 12.6 Å². The minimum atomic E-state index is -0.406. The van der Waals surface area contributed by atoms with Crippen LogP contribution >= 0.6 is 0 Å². The Balaban J connectivity index is 2.79. The molecule has 0 unspecified atom stereocenters. The second-order valence-electron chi connectivity index (χ2n) is 8.09. The SMILES string of the molecule is Cc1cc(F)c(NC(=O)NCCC(C)(C)C)cc1C(C)(C)C. The number of hydrogen-bond donors (Lipinski definition) is 2. The largest absolute Gasteiger partial charge is 0.338 e. The van der Waals surface area contributed by atoms with Gasteiger partial charge in [-0.15, -0.1) is 0 Å². The molecule has 0 saturated carbocycles. The Kier molecular flexibility index (Phi) is 5.60. The summed E-state index contributed by atoms with van der Waals surface area (Å²) >= 11 is 0. The monoisotopic (exact) mass is 308 g/mol. The van der Waals surface area contributed by atoms with Gasteiger partial charge in [0, 0.05) is 6.54 Å². The number of anilines is 1. The second-order valence-corrected chi connectivity index (χ2v) is 8.09. The van der Waals surface area contributed by atoms with Crippen molar-refractivity contribution in [1.29, 1.82) is 0 Å². The van der Waals surface area contributed by atoms with Crippen LogP contribution in [0.5, 0.6) is 0 Å². The summed E-state index contributed by atoms with van der Waals surface area (Å²) in [5.41, 5.74) is 2.20. The highest BCUT2D eigenvalue weighted by Gasteiger charge is 2.19. The van der Waals surface area contributed by atoms with E-state index in [0.29, 0.717) is 6.54 Å². The van der Waals surface area contributed by atoms with Gasteiger partial charge in [0.05, 0.1) is 5.69 Å². The first kappa shape index (κ1) is 18.5. The van der Waals surface area contributed by atoms with Crippen molar-refractivity contribution in [1.82, 2.24) is 5.32 Å². The van der Waals surface area contributed by atoms with Crippen LogP contribution in [-0.2, 0) is 5.41 Å². The van der Waals surface area contributed by atoms with E-state index in [2.05, 4.69) is 52.2 Å². The highest BCUT2D eigenvalue weighted by molar-refractivity contribution is 5.89. The molecule has 0 aliphatic heterocycles. The number of carbonyl (C=O) groups is 1. The summed E-state index contributed by atoms with van der Waals surface area (Å²) in [5.74, 6) is -0.406. The second kappa shape index (κ2) is 6.67. The molecule has 2 amide bonds. The standard InChI is InChI=1S/C18H29FN2O/c1-12-10-14(19)15(11-13(12)18(5,6)7)21-16(22)20-9-8-17(2,3)4/h10-11H,8-9H2,1-7H3,(H2,20,21,22). The fourth-order valence-electron chi connectivity index (χ4n) is 2.29. The molecule has 1 aromatic carbocycles. The van der Waals surface area contributed by atoms with Crippen LogP contribution in [0.3, 0.4) is 0 Å². The summed E-state index contributed by atoms with van der Waals surface area (Å²) in [6.07, 6.45) is 0.865. The van der Waals surface area contributed by atoms with Crippen molar-refractivity contribution in [2.45, 2.75) is 60.3 Å². The molecular weight excluding hydrogens is 279 g/mol. The maximum absolute atomic E-state index is 14.0. The summed E-state index contributed by atoms with van der Waals surface area (Å²) in [4.78, 5) is 11.9. The number of nitrogens with one attached hydrogen (secondary N) is 2. The van der Waals surface area contributed by atoms with E-state index < -0.39 is 5.82 Å². The van der Waals surface area contributed by atoms with Crippen molar-refractivity contribution in [3.05, 3.63) is 29.1 Å². The minimum absolute atomic E-state index is 0.100. The molecule has 2 N–H and O–H groups in total. The molecule has 0 radical (unpaired) electrons. The van der Waals surface area contributed by atoms with Crippen molar-refractivity contribution >= 4 is 11.7 Å². The summed E-state index contributed by atoms with van der Waals surface area (Å²) in [5, 5.41) is 5.38. The molecule has 1 aromatic rings. The lowest BCUT2D eigenvalue weighted by Gasteiger charge is -2.23. The van der Waals surface area contributed by atoms with Gasteiger partial charge in [-0.2, -0.15) is 0 Å². The number of rotatable bonds is 3. The lowest BCUT2D eigenvalue weighted by molar-refractivity contribution is 0.250. The minimum Gasteiger partial charge on any atom is -0.338 e. The van der Waals surface area contributed by atoms with Crippen LogP contribution in [0.25, 0.3) is 0 Å². The average molecular weight is 308 g/mol. The van der Waals surface area contributed by atoms with Crippen LogP contribution in [0.15, 0.2) is 12.1 Å². The maximum atomic E-state index is 14.0. The molecule has 0 spiro atoms. The number of urea groups is 1. The van der Waals surface area contributed by atoms with Gasteiger partial charge in [0.15, 0.2) is 0 Å². The van der Waals surface area contributed by atoms with Crippen LogP contribution in [0.4, 0.5) is 14.9 Å². The first-order valence-electron chi connectivity index (χ1n) is 7.75. The fourth-order valence-corrected chi connectivity index (χ4v) is 2.29. The topological polar surface area (TPSA) is 41.1 Å². The average Bonchev–Trinajstić information content (AvgIpc) is 2.29. The number of carbonyl (C=O) groups excluding carboxylic acids is 1. The van der Waals surface area contributed by atoms with Crippen LogP contribution in [0.1, 0.15) is 59.1 Å². The van der Waals surface area contributed by atoms with Gasteiger partial charge < -0.3 is 10.6 Å². The van der Waals surface area contributed by atoms with Crippen molar-refractivity contribution < 1.29 is 9.18 Å². The van der Waals surface area contributed by atoms with E-state index in [-0.39, 0.29) is 22.5 Å². The van der Waals surface area contributed by atoms with E-state index in [1.54, 1.807) is 6.07 Å². The van der Waals surface area contributed by atoms with E-state index >= 15 is 0 Å². The molecule has 22 heavy (non-hydrogen) atoms. The molecular formula is C18H29FN2O. The lowest BCUT2D eigenvalue weighted by Crippen LogP contribution is -2.31. The zero-order valence-electron chi connectivity index (χ0n) is 14.9. The highest BCUT2D eigenvalue weighted by atomic mass is 19.1. The van der Waals surface area contributed by atoms with Gasteiger partial charge in [-0.1, -0.05) is 41.5 Å². The lowest BCUT2D eigenvalue weighted by atomic mass is 9.84. The van der Waals surface area contributed by atoms with Crippen LogP contribution < -0.4 is 10.6 Å². The molecule has 0 aromatic heterocycles. The number of halogens is 1. The molecule has 0 aliphatic carbocycles. The molecule has 1 rings (SSSR count). The molecule has 124 valence electrons. The van der Waals surface area contributed by atoms with Gasteiger partial charge in [0.25, 0.3) is 0 Å². The first-order valence-corrected chi connectivity index (χ1v) is 7.75. The molecule has 0 atom stereocenters. The summed E-state index contributed by atoms with van der Waals surface area (Å²) in [7, 11) is 0. The van der Waals surface area contributed by atoms with Crippen LogP contribution in [0, 0.1) is 18.2 Å². The number of hydrogen-bond acceptors (Lipinski definition) is 1. The van der Waals surface area contributed by atoms with Gasteiger partial charge in [-0.3, -0.25) is 0 Å².